The van der Waals surface area contributed by atoms with Gasteiger partial charge in [0.2, 0.25) is 0 Å². The second kappa shape index (κ2) is 9.29. The molecule has 0 spiro atoms. The van der Waals surface area contributed by atoms with Crippen LogP contribution in [0.3, 0.4) is 0 Å². The molecule has 1 aliphatic rings. The van der Waals surface area contributed by atoms with Crippen molar-refractivity contribution in [3.8, 4) is 0 Å². The number of rotatable bonds is 6. The number of nitrogens with zero attached hydrogens (tertiary/aromatic N) is 2. The number of aryl methyl sites for hydroxylation is 1. The Kier molecular flexibility index (Phi) is 7.14. The van der Waals surface area contributed by atoms with Gasteiger partial charge in [0.25, 0.3) is 10.1 Å². The fourth-order valence-corrected chi connectivity index (χ4v) is 5.13. The first-order valence-corrected chi connectivity index (χ1v) is 12.9. The van der Waals surface area contributed by atoms with E-state index >= 15 is 0 Å². The topological polar surface area (TPSA) is 79.6 Å². The van der Waals surface area contributed by atoms with E-state index in [4.69, 9.17) is 4.55 Å². The fraction of sp³-hybridized carbons (Fsp3) is 0.444. The minimum atomic E-state index is -4.02. The van der Waals surface area contributed by atoms with E-state index in [9.17, 15) is 13.2 Å². The summed E-state index contributed by atoms with van der Waals surface area (Å²) in [6.07, 6.45) is 2.07. The van der Waals surface area contributed by atoms with Gasteiger partial charge >= 0.3 is 0 Å². The second-order valence-electron chi connectivity index (χ2n) is 10.6. The molecule has 2 aromatic carbocycles. The van der Waals surface area contributed by atoms with Crippen LogP contribution >= 0.6 is 0 Å². The van der Waals surface area contributed by atoms with E-state index in [1.165, 1.54) is 12.1 Å². The van der Waals surface area contributed by atoms with Gasteiger partial charge in [0.15, 0.2) is 5.78 Å². The molecule has 0 aliphatic heterocycles. The third-order valence-electron chi connectivity index (χ3n) is 7.44. The van der Waals surface area contributed by atoms with Crippen molar-refractivity contribution in [2.24, 2.45) is 16.7 Å². The Balaban J connectivity index is 0.000000248. The van der Waals surface area contributed by atoms with Crippen molar-refractivity contribution >= 4 is 26.8 Å². The molecule has 34 heavy (non-hydrogen) atoms. The molecule has 6 nitrogen and oxygen atoms in total. The van der Waals surface area contributed by atoms with Crippen LogP contribution in [0.1, 0.15) is 43.6 Å². The molecule has 1 N–H and O–H groups in total. The fourth-order valence-electron chi connectivity index (χ4n) is 4.65. The lowest BCUT2D eigenvalue weighted by atomic mass is 10.0. The standard InChI is InChI=1S/C20H28N2O.C7H8O3S/c1-19(2)18(20(19,3)4)17(23)15-13-22(12-11-21(5)6)16-10-8-7-9-14(15)16;1-6-2-4-7(5-3-6)11(8,9)10/h7-10,13,18H,11-12H2,1-6H3;2-5H,1H3,(H,8,9,10). The van der Waals surface area contributed by atoms with E-state index in [1.807, 2.05) is 19.1 Å². The number of benzene rings is 2. The normalized spacial score (nSPS) is 16.9. The molecule has 1 fully saturated rings. The molecule has 1 aliphatic carbocycles. The van der Waals surface area contributed by atoms with Crippen molar-refractivity contribution in [1.29, 1.82) is 0 Å². The molecule has 0 atom stereocenters. The molecule has 0 unspecified atom stereocenters. The maximum absolute atomic E-state index is 13.2. The van der Waals surface area contributed by atoms with Gasteiger partial charge in [-0.05, 0) is 50.0 Å². The smallest absolute Gasteiger partial charge is 0.294 e. The maximum atomic E-state index is 13.2. The number of carbonyl (C=O) groups excluding carboxylic acids is 1. The Labute approximate surface area is 203 Å². The summed E-state index contributed by atoms with van der Waals surface area (Å²) < 4.78 is 31.8. The van der Waals surface area contributed by atoms with Crippen molar-refractivity contribution < 1.29 is 17.8 Å². The number of hydrogen-bond acceptors (Lipinski definition) is 4. The zero-order chi connectivity index (χ0) is 25.5. The zero-order valence-electron chi connectivity index (χ0n) is 21.2. The molecular weight excluding hydrogens is 448 g/mol. The molecule has 0 bridgehead atoms. The Morgan fingerprint density at radius 2 is 1.56 bits per heavy atom. The van der Waals surface area contributed by atoms with Crippen LogP contribution in [0.5, 0.6) is 0 Å². The maximum Gasteiger partial charge on any atom is 0.294 e. The summed E-state index contributed by atoms with van der Waals surface area (Å²) in [5.74, 6) is 0.419. The summed E-state index contributed by atoms with van der Waals surface area (Å²) in [4.78, 5) is 15.3. The molecule has 1 heterocycles. The lowest BCUT2D eigenvalue weighted by molar-refractivity contribution is 0.0946. The van der Waals surface area contributed by atoms with Crippen LogP contribution in [0.2, 0.25) is 0 Å². The molecule has 0 amide bonds. The predicted octanol–water partition coefficient (Wildman–Crippen LogP) is 5.31. The van der Waals surface area contributed by atoms with Crippen molar-refractivity contribution in [2.75, 3.05) is 20.6 Å². The average molecular weight is 485 g/mol. The first kappa shape index (κ1) is 26.1. The highest BCUT2D eigenvalue weighted by Crippen LogP contribution is 2.69. The van der Waals surface area contributed by atoms with E-state index in [0.717, 1.165) is 35.1 Å². The van der Waals surface area contributed by atoms with Crippen LogP contribution in [0, 0.1) is 23.7 Å². The van der Waals surface area contributed by atoms with Crippen molar-refractivity contribution in [3.63, 3.8) is 0 Å². The summed E-state index contributed by atoms with van der Waals surface area (Å²) in [6.45, 7) is 12.5. The predicted molar refractivity (Wildman–Crippen MR) is 137 cm³/mol. The number of aromatic nitrogens is 1. The van der Waals surface area contributed by atoms with E-state index < -0.39 is 10.1 Å². The van der Waals surface area contributed by atoms with Gasteiger partial charge in [0.05, 0.1) is 4.90 Å². The SMILES string of the molecule is CN(C)CCn1cc(C(=O)C2C(C)(C)C2(C)C)c2ccccc21.Cc1ccc(S(=O)(=O)O)cc1. The third-order valence-corrected chi connectivity index (χ3v) is 8.31. The molecule has 0 radical (unpaired) electrons. The Morgan fingerprint density at radius 3 is 2.06 bits per heavy atom. The van der Waals surface area contributed by atoms with E-state index in [-0.39, 0.29) is 21.6 Å². The van der Waals surface area contributed by atoms with Gasteiger partial charge in [-0.2, -0.15) is 8.42 Å². The Hall–Kier alpha value is -2.48. The van der Waals surface area contributed by atoms with Crippen molar-refractivity contribution in [3.05, 3.63) is 65.9 Å². The lowest BCUT2D eigenvalue weighted by Crippen LogP contribution is -2.18. The van der Waals surface area contributed by atoms with Crippen LogP contribution in [0.15, 0.2) is 59.6 Å². The summed E-state index contributed by atoms with van der Waals surface area (Å²) in [5.41, 5.74) is 3.17. The average Bonchev–Trinajstić information content (AvgIpc) is 3.00. The van der Waals surface area contributed by atoms with Crippen LogP contribution in [-0.4, -0.2) is 48.9 Å². The number of ketones is 1. The van der Waals surface area contributed by atoms with E-state index in [2.05, 4.69) is 69.6 Å². The third kappa shape index (κ3) is 5.11. The van der Waals surface area contributed by atoms with Gasteiger partial charge < -0.3 is 9.47 Å². The number of fused-ring (bicyclic) bond motifs is 1. The lowest BCUT2D eigenvalue weighted by Gasteiger charge is -2.10. The quantitative estimate of drug-likeness (QED) is 0.379. The molecule has 1 aromatic heterocycles. The molecule has 4 rings (SSSR count). The number of para-hydroxylation sites is 1. The summed E-state index contributed by atoms with van der Waals surface area (Å²) in [5, 5.41) is 1.09. The monoisotopic (exact) mass is 484 g/mol. The van der Waals surface area contributed by atoms with Crippen LogP contribution < -0.4 is 0 Å². The molecular formula is C27H36N2O4S. The number of hydrogen-bond donors (Lipinski definition) is 1. The molecule has 184 valence electrons. The van der Waals surface area contributed by atoms with Crippen molar-refractivity contribution in [2.45, 2.75) is 46.1 Å². The highest BCUT2D eigenvalue weighted by atomic mass is 32.2. The van der Waals surface area contributed by atoms with Crippen LogP contribution in [0.4, 0.5) is 0 Å². The Bertz CT molecular complexity index is 1270. The first-order valence-electron chi connectivity index (χ1n) is 11.5. The van der Waals surface area contributed by atoms with Gasteiger partial charge in [-0.1, -0.05) is 63.6 Å². The number of carbonyl (C=O) groups is 1. The van der Waals surface area contributed by atoms with Gasteiger partial charge in [-0.15, -0.1) is 0 Å². The number of Topliss-reactive ketones (excluding diaryl/α,β-unsaturated/α-hetero) is 1. The molecule has 1 saturated carbocycles. The largest absolute Gasteiger partial charge is 0.345 e. The Morgan fingerprint density at radius 1 is 1.00 bits per heavy atom. The molecule has 0 saturated heterocycles. The molecule has 3 aromatic rings. The zero-order valence-corrected chi connectivity index (χ0v) is 22.0. The minimum absolute atomic E-state index is 0.0666. The van der Waals surface area contributed by atoms with Crippen LogP contribution in [0.25, 0.3) is 10.9 Å². The highest BCUT2D eigenvalue weighted by Gasteiger charge is 2.68. The summed E-state index contributed by atoms with van der Waals surface area (Å²) in [6, 6.07) is 14.3. The van der Waals surface area contributed by atoms with Gasteiger partial charge in [0, 0.05) is 41.7 Å². The highest BCUT2D eigenvalue weighted by molar-refractivity contribution is 7.85. The van der Waals surface area contributed by atoms with Gasteiger partial charge in [0.1, 0.15) is 0 Å². The van der Waals surface area contributed by atoms with Crippen LogP contribution in [-0.2, 0) is 16.7 Å². The van der Waals surface area contributed by atoms with Gasteiger partial charge in [-0.3, -0.25) is 9.35 Å². The number of likely N-dealkylation sites (N-methyl/N-ethyl adjacent to an activating group) is 1. The van der Waals surface area contributed by atoms with Crippen molar-refractivity contribution in [1.82, 2.24) is 9.47 Å². The van der Waals surface area contributed by atoms with E-state index in [1.54, 1.807) is 12.1 Å². The molecule has 7 heteroatoms. The summed E-state index contributed by atoms with van der Waals surface area (Å²) >= 11 is 0. The summed E-state index contributed by atoms with van der Waals surface area (Å²) in [7, 11) is 0.133. The minimum Gasteiger partial charge on any atom is -0.345 e. The first-order chi connectivity index (χ1) is 15.7. The van der Waals surface area contributed by atoms with E-state index in [0.29, 0.717) is 5.78 Å². The second-order valence-corrected chi connectivity index (χ2v) is 12.0. The van der Waals surface area contributed by atoms with Gasteiger partial charge in [-0.25, -0.2) is 0 Å².